The Labute approximate surface area is 191 Å². The average Bonchev–Trinajstić information content (AvgIpc) is 2.79. The quantitative estimate of drug-likeness (QED) is 0.218. The molecule has 0 atom stereocenters. The van der Waals surface area contributed by atoms with Crippen LogP contribution in [0, 0.1) is 17.0 Å². The number of para-hydroxylation sites is 1. The third kappa shape index (κ3) is 4.42. The number of aromatic nitrogens is 2. The summed E-state index contributed by atoms with van der Waals surface area (Å²) in [6, 6.07) is 19.1. The first-order valence-electron chi connectivity index (χ1n) is 9.61. The highest BCUT2D eigenvalue weighted by molar-refractivity contribution is 9.10. The van der Waals surface area contributed by atoms with Crippen LogP contribution in [0.3, 0.4) is 0 Å². The molecule has 4 rings (SSSR count). The molecular formula is C23H17BrN4O4. The van der Waals surface area contributed by atoms with Crippen LogP contribution in [0.15, 0.2) is 81.1 Å². The number of fused-ring (bicyclic) bond motifs is 1. The van der Waals surface area contributed by atoms with Crippen molar-refractivity contribution in [3.8, 4) is 5.75 Å². The van der Waals surface area contributed by atoms with E-state index in [-0.39, 0.29) is 23.6 Å². The van der Waals surface area contributed by atoms with Crippen molar-refractivity contribution in [1.82, 2.24) is 9.66 Å². The van der Waals surface area contributed by atoms with Gasteiger partial charge < -0.3 is 4.74 Å². The molecule has 9 heteroatoms. The molecule has 0 aliphatic heterocycles. The minimum absolute atomic E-state index is 0.0762. The van der Waals surface area contributed by atoms with E-state index in [4.69, 9.17) is 4.74 Å². The molecule has 0 N–H and O–H groups in total. The molecule has 4 aromatic rings. The van der Waals surface area contributed by atoms with Crippen molar-refractivity contribution in [3.05, 3.63) is 109 Å². The summed E-state index contributed by atoms with van der Waals surface area (Å²) in [5, 5.41) is 16.2. The molecule has 1 heterocycles. The van der Waals surface area contributed by atoms with E-state index in [0.717, 1.165) is 14.7 Å². The van der Waals surface area contributed by atoms with Gasteiger partial charge in [0.25, 0.3) is 5.56 Å². The number of rotatable bonds is 6. The van der Waals surface area contributed by atoms with Crippen LogP contribution < -0.4 is 10.3 Å². The van der Waals surface area contributed by atoms with Gasteiger partial charge in [0.1, 0.15) is 12.4 Å². The maximum Gasteiger partial charge on any atom is 0.311 e. The van der Waals surface area contributed by atoms with Gasteiger partial charge in [-0.05, 0) is 36.8 Å². The number of nitro groups is 1. The zero-order chi connectivity index (χ0) is 22.7. The maximum absolute atomic E-state index is 12.9. The van der Waals surface area contributed by atoms with E-state index in [9.17, 15) is 14.9 Å². The van der Waals surface area contributed by atoms with Crippen molar-refractivity contribution < 1.29 is 9.66 Å². The van der Waals surface area contributed by atoms with Gasteiger partial charge in [0.2, 0.25) is 5.75 Å². The molecule has 0 spiro atoms. The van der Waals surface area contributed by atoms with E-state index in [1.165, 1.54) is 12.3 Å². The predicted molar refractivity (Wildman–Crippen MR) is 125 cm³/mol. The lowest BCUT2D eigenvalue weighted by Gasteiger charge is -2.10. The monoisotopic (exact) mass is 492 g/mol. The fourth-order valence-electron chi connectivity index (χ4n) is 3.19. The van der Waals surface area contributed by atoms with Crippen molar-refractivity contribution in [2.45, 2.75) is 13.5 Å². The molecule has 1 aromatic heterocycles. The lowest BCUT2D eigenvalue weighted by molar-refractivity contribution is -0.385. The van der Waals surface area contributed by atoms with Crippen molar-refractivity contribution >= 4 is 38.7 Å². The molecule has 8 nitrogen and oxygen atoms in total. The van der Waals surface area contributed by atoms with Crippen molar-refractivity contribution in [2.75, 3.05) is 0 Å². The largest absolute Gasteiger partial charge is 0.481 e. The molecule has 0 fully saturated rings. The fraction of sp³-hybridized carbons (Fsp3) is 0.0870. The highest BCUT2D eigenvalue weighted by Crippen LogP contribution is 2.30. The summed E-state index contributed by atoms with van der Waals surface area (Å²) < 4.78 is 7.72. The van der Waals surface area contributed by atoms with Gasteiger partial charge >= 0.3 is 5.69 Å². The minimum Gasteiger partial charge on any atom is -0.481 e. The smallest absolute Gasteiger partial charge is 0.311 e. The summed E-state index contributed by atoms with van der Waals surface area (Å²) in [5.41, 5.74) is 1.27. The van der Waals surface area contributed by atoms with E-state index in [1.54, 1.807) is 37.3 Å². The summed E-state index contributed by atoms with van der Waals surface area (Å²) >= 11 is 3.36. The zero-order valence-electron chi connectivity index (χ0n) is 16.9. The highest BCUT2D eigenvalue weighted by Gasteiger charge is 2.19. The summed E-state index contributed by atoms with van der Waals surface area (Å²) in [6.45, 7) is 1.82. The Morgan fingerprint density at radius 1 is 1.16 bits per heavy atom. The number of benzene rings is 3. The SMILES string of the molecule is Cc1nc2ccc(Br)cc2c(=O)n1N=Cc1cccc([N+](=O)[O-])c1OCc1ccccc1. The Hall–Kier alpha value is -3.85. The first-order chi connectivity index (χ1) is 15.4. The topological polar surface area (TPSA) is 99.6 Å². The van der Waals surface area contributed by atoms with E-state index >= 15 is 0 Å². The Balaban J connectivity index is 1.75. The molecule has 0 saturated heterocycles. The highest BCUT2D eigenvalue weighted by atomic mass is 79.9. The van der Waals surface area contributed by atoms with Gasteiger partial charge in [0.15, 0.2) is 0 Å². The van der Waals surface area contributed by atoms with Gasteiger partial charge in [0, 0.05) is 16.1 Å². The lowest BCUT2D eigenvalue weighted by atomic mass is 10.2. The molecule has 0 aliphatic carbocycles. The summed E-state index contributed by atoms with van der Waals surface area (Å²) in [6.07, 6.45) is 1.37. The van der Waals surface area contributed by atoms with Gasteiger partial charge in [0.05, 0.1) is 22.0 Å². The molecule has 3 aromatic carbocycles. The second-order valence-electron chi connectivity index (χ2n) is 6.91. The van der Waals surface area contributed by atoms with Gasteiger partial charge in [-0.15, -0.1) is 0 Å². The van der Waals surface area contributed by atoms with Crippen LogP contribution >= 0.6 is 15.9 Å². The van der Waals surface area contributed by atoms with Crippen LogP contribution in [0.1, 0.15) is 17.0 Å². The van der Waals surface area contributed by atoms with Crippen LogP contribution in [0.2, 0.25) is 0 Å². The first kappa shape index (κ1) is 21.4. The third-order valence-electron chi connectivity index (χ3n) is 4.73. The average molecular weight is 493 g/mol. The Morgan fingerprint density at radius 2 is 1.94 bits per heavy atom. The molecule has 160 valence electrons. The molecule has 0 aliphatic rings. The maximum atomic E-state index is 12.9. The molecule has 0 bridgehead atoms. The van der Waals surface area contributed by atoms with Crippen LogP contribution in [0.4, 0.5) is 5.69 Å². The number of nitro benzene ring substituents is 1. The number of hydrogen-bond donors (Lipinski definition) is 0. The second kappa shape index (κ2) is 9.11. The van der Waals surface area contributed by atoms with Gasteiger partial charge in [-0.3, -0.25) is 14.9 Å². The summed E-state index contributed by atoms with van der Waals surface area (Å²) in [4.78, 5) is 28.4. The van der Waals surface area contributed by atoms with Crippen molar-refractivity contribution in [3.63, 3.8) is 0 Å². The molecule has 0 unspecified atom stereocenters. The van der Waals surface area contributed by atoms with Crippen LogP contribution in [-0.4, -0.2) is 20.8 Å². The zero-order valence-corrected chi connectivity index (χ0v) is 18.5. The summed E-state index contributed by atoms with van der Waals surface area (Å²) in [5.74, 6) is 0.463. The van der Waals surface area contributed by atoms with Crippen LogP contribution in [-0.2, 0) is 6.61 Å². The number of nitrogens with zero attached hydrogens (tertiary/aromatic N) is 4. The molecule has 0 radical (unpaired) electrons. The Morgan fingerprint density at radius 3 is 2.69 bits per heavy atom. The second-order valence-corrected chi connectivity index (χ2v) is 7.82. The number of aryl methyl sites for hydroxylation is 1. The van der Waals surface area contributed by atoms with Crippen molar-refractivity contribution in [2.24, 2.45) is 5.10 Å². The Kier molecular flexibility index (Phi) is 6.09. The molecule has 0 amide bonds. The fourth-order valence-corrected chi connectivity index (χ4v) is 3.55. The molecular weight excluding hydrogens is 476 g/mol. The van der Waals surface area contributed by atoms with Crippen molar-refractivity contribution in [1.29, 1.82) is 0 Å². The Bertz CT molecular complexity index is 1400. The van der Waals surface area contributed by atoms with Gasteiger partial charge in [-0.25, -0.2) is 4.98 Å². The van der Waals surface area contributed by atoms with Gasteiger partial charge in [-0.1, -0.05) is 52.3 Å². The number of hydrogen-bond acceptors (Lipinski definition) is 6. The minimum atomic E-state index is -0.510. The third-order valence-corrected chi connectivity index (χ3v) is 5.22. The number of ether oxygens (including phenoxy) is 1. The van der Waals surface area contributed by atoms with E-state index in [0.29, 0.717) is 22.3 Å². The lowest BCUT2D eigenvalue weighted by Crippen LogP contribution is -2.20. The standard InChI is InChI=1S/C23H17BrN4O4/c1-15-26-20-11-10-18(24)12-19(20)23(29)27(15)25-13-17-8-5-9-21(28(30)31)22(17)32-14-16-6-3-2-4-7-16/h2-13H,14H2,1H3. The molecule has 32 heavy (non-hydrogen) atoms. The number of halogens is 1. The molecule has 0 saturated carbocycles. The van der Waals surface area contributed by atoms with Crippen LogP contribution in [0.5, 0.6) is 5.75 Å². The van der Waals surface area contributed by atoms with Gasteiger partial charge in [-0.2, -0.15) is 9.78 Å². The van der Waals surface area contributed by atoms with E-state index in [2.05, 4.69) is 26.0 Å². The first-order valence-corrected chi connectivity index (χ1v) is 10.4. The normalized spacial score (nSPS) is 11.2. The summed E-state index contributed by atoms with van der Waals surface area (Å²) in [7, 11) is 0. The van der Waals surface area contributed by atoms with E-state index < -0.39 is 4.92 Å². The van der Waals surface area contributed by atoms with Crippen LogP contribution in [0.25, 0.3) is 10.9 Å². The van der Waals surface area contributed by atoms with E-state index in [1.807, 2.05) is 30.3 Å². The predicted octanol–water partition coefficient (Wildman–Crippen LogP) is 4.84.